The first-order valence-electron chi connectivity index (χ1n) is 6.97. The maximum atomic E-state index is 12.8. The fourth-order valence-corrected chi connectivity index (χ4v) is 5.27. The largest absolute Gasteiger partial charge is 0.481 e. The van der Waals surface area contributed by atoms with Crippen LogP contribution in [0, 0.1) is 5.92 Å². The molecule has 2 N–H and O–H groups in total. The first kappa shape index (κ1) is 18.2. The highest BCUT2D eigenvalue weighted by Gasteiger charge is 2.42. The minimum absolute atomic E-state index is 0.0174. The van der Waals surface area contributed by atoms with Gasteiger partial charge in [0, 0.05) is 10.9 Å². The van der Waals surface area contributed by atoms with E-state index in [1.807, 2.05) is 0 Å². The van der Waals surface area contributed by atoms with E-state index in [0.717, 1.165) is 11.3 Å². The second-order valence-electron chi connectivity index (χ2n) is 5.51. The van der Waals surface area contributed by atoms with E-state index in [9.17, 15) is 26.4 Å². The lowest BCUT2D eigenvalue weighted by Crippen LogP contribution is -2.41. The molecule has 2 atom stereocenters. The second kappa shape index (κ2) is 6.78. The summed E-state index contributed by atoms with van der Waals surface area (Å²) in [5.74, 6) is -2.57. The van der Waals surface area contributed by atoms with Gasteiger partial charge in [0.25, 0.3) is 0 Å². The van der Waals surface area contributed by atoms with E-state index in [4.69, 9.17) is 5.11 Å². The van der Waals surface area contributed by atoms with E-state index >= 15 is 0 Å². The Kier molecular flexibility index (Phi) is 5.37. The average Bonchev–Trinajstić information content (AvgIpc) is 2.86. The number of rotatable bonds is 5. The molecule has 1 fully saturated rings. The van der Waals surface area contributed by atoms with E-state index in [1.165, 1.54) is 12.1 Å². The first-order chi connectivity index (χ1) is 10.6. The summed E-state index contributed by atoms with van der Waals surface area (Å²) < 4.78 is 65.0. The topological polar surface area (TPSA) is 83.5 Å². The smallest absolute Gasteiger partial charge is 0.391 e. The van der Waals surface area contributed by atoms with Gasteiger partial charge < -0.3 is 5.11 Å². The summed E-state index contributed by atoms with van der Waals surface area (Å²) in [5, 5.41) is 8.68. The summed E-state index contributed by atoms with van der Waals surface area (Å²) in [7, 11) is -3.94. The molecule has 1 saturated carbocycles. The Hall–Kier alpha value is -1.13. The number of carboxylic acids is 1. The number of halogens is 3. The molecule has 0 aromatic carbocycles. The Bertz CT molecular complexity index is 669. The summed E-state index contributed by atoms with van der Waals surface area (Å²) in [5.41, 5.74) is 0. The normalized spacial score (nSPS) is 22.9. The fraction of sp³-hybridized carbons (Fsp3) is 0.615. The van der Waals surface area contributed by atoms with E-state index in [2.05, 4.69) is 4.72 Å². The van der Waals surface area contributed by atoms with Crippen molar-refractivity contribution in [2.45, 2.75) is 48.5 Å². The fourth-order valence-electron chi connectivity index (χ4n) is 2.62. The Morgan fingerprint density at radius 1 is 1.35 bits per heavy atom. The van der Waals surface area contributed by atoms with Gasteiger partial charge in [0.15, 0.2) is 0 Å². The minimum atomic E-state index is -4.32. The number of thiophene rings is 1. The van der Waals surface area contributed by atoms with Gasteiger partial charge in [-0.3, -0.25) is 4.79 Å². The van der Waals surface area contributed by atoms with Gasteiger partial charge in [-0.2, -0.15) is 13.2 Å². The van der Waals surface area contributed by atoms with Crippen molar-refractivity contribution >= 4 is 27.3 Å². The predicted molar refractivity (Wildman–Crippen MR) is 77.8 cm³/mol. The number of hydrogen-bond acceptors (Lipinski definition) is 4. The van der Waals surface area contributed by atoms with Crippen LogP contribution < -0.4 is 4.72 Å². The number of sulfonamides is 1. The maximum absolute atomic E-state index is 12.8. The molecule has 0 amide bonds. The van der Waals surface area contributed by atoms with Crippen LogP contribution in [0.25, 0.3) is 0 Å². The van der Waals surface area contributed by atoms with Crippen LogP contribution in [0.3, 0.4) is 0 Å². The molecular weight excluding hydrogens is 355 g/mol. The molecule has 130 valence electrons. The molecule has 10 heteroatoms. The number of aliphatic carboxylic acids is 1. The number of alkyl halides is 3. The van der Waals surface area contributed by atoms with Crippen LogP contribution >= 0.6 is 11.3 Å². The molecule has 0 saturated heterocycles. The molecule has 23 heavy (non-hydrogen) atoms. The lowest BCUT2D eigenvalue weighted by molar-refractivity contribution is -0.183. The van der Waals surface area contributed by atoms with E-state index < -0.39 is 34.1 Å². The van der Waals surface area contributed by atoms with Crippen molar-refractivity contribution in [3.8, 4) is 0 Å². The van der Waals surface area contributed by atoms with Gasteiger partial charge in [-0.05, 0) is 31.4 Å². The summed E-state index contributed by atoms with van der Waals surface area (Å²) >= 11 is 0.810. The SMILES string of the molecule is O=C(O)Cc1ccc(S(=O)(=O)N[C@H]2CCC[C@@H](C(F)(F)F)C2)s1. The number of hydrogen-bond donors (Lipinski definition) is 2. The van der Waals surface area contributed by atoms with Crippen molar-refractivity contribution in [2.24, 2.45) is 5.92 Å². The number of carbonyl (C=O) groups is 1. The van der Waals surface area contributed by atoms with Crippen LogP contribution in [0.4, 0.5) is 13.2 Å². The Labute approximate surface area is 135 Å². The Morgan fingerprint density at radius 2 is 2.04 bits per heavy atom. The molecule has 2 rings (SSSR count). The van der Waals surface area contributed by atoms with Gasteiger partial charge in [0.05, 0.1) is 12.3 Å². The molecule has 0 bridgehead atoms. The highest BCUT2D eigenvalue weighted by atomic mass is 32.2. The van der Waals surface area contributed by atoms with Crippen molar-refractivity contribution in [1.29, 1.82) is 0 Å². The zero-order valence-corrected chi connectivity index (χ0v) is 13.6. The molecule has 5 nitrogen and oxygen atoms in total. The molecule has 0 radical (unpaired) electrons. The molecule has 1 aromatic heterocycles. The molecule has 0 unspecified atom stereocenters. The standard InChI is InChI=1S/C13H16F3NO4S2/c14-13(15,16)8-2-1-3-9(6-8)17-23(20,21)12-5-4-10(22-12)7-11(18)19/h4-5,8-9,17H,1-3,6-7H2,(H,18,19)/t8-,9+/m1/s1. The van der Waals surface area contributed by atoms with Crippen LogP contribution in [0.2, 0.25) is 0 Å². The highest BCUT2D eigenvalue weighted by Crippen LogP contribution is 2.38. The van der Waals surface area contributed by atoms with E-state index in [-0.39, 0.29) is 23.5 Å². The molecule has 1 aromatic rings. The lowest BCUT2D eigenvalue weighted by atomic mass is 9.86. The van der Waals surface area contributed by atoms with Gasteiger partial charge in [-0.1, -0.05) is 6.42 Å². The van der Waals surface area contributed by atoms with Crippen LogP contribution in [-0.4, -0.2) is 31.7 Å². The van der Waals surface area contributed by atoms with Crippen molar-refractivity contribution in [1.82, 2.24) is 4.72 Å². The average molecular weight is 371 g/mol. The van der Waals surface area contributed by atoms with Crippen LogP contribution in [0.5, 0.6) is 0 Å². The van der Waals surface area contributed by atoms with Gasteiger partial charge in [0.1, 0.15) is 4.21 Å². The molecule has 1 aliphatic carbocycles. The van der Waals surface area contributed by atoms with Crippen LogP contribution in [0.1, 0.15) is 30.6 Å². The van der Waals surface area contributed by atoms with Crippen molar-refractivity contribution in [2.75, 3.05) is 0 Å². The maximum Gasteiger partial charge on any atom is 0.391 e. The third-order valence-electron chi connectivity index (χ3n) is 3.69. The van der Waals surface area contributed by atoms with Gasteiger partial charge in [-0.15, -0.1) is 11.3 Å². The summed E-state index contributed by atoms with van der Waals surface area (Å²) in [6, 6.07) is 1.91. The van der Waals surface area contributed by atoms with Gasteiger partial charge in [0.2, 0.25) is 10.0 Å². The molecular formula is C13H16F3NO4S2. The highest BCUT2D eigenvalue weighted by molar-refractivity contribution is 7.91. The van der Waals surface area contributed by atoms with Crippen LogP contribution in [0.15, 0.2) is 16.3 Å². The lowest BCUT2D eigenvalue weighted by Gasteiger charge is -2.30. The summed E-state index contributed by atoms with van der Waals surface area (Å²) in [6.45, 7) is 0. The van der Waals surface area contributed by atoms with Crippen LogP contribution in [-0.2, 0) is 21.2 Å². The van der Waals surface area contributed by atoms with E-state index in [1.54, 1.807) is 0 Å². The Balaban J connectivity index is 2.06. The van der Waals surface area contributed by atoms with Gasteiger partial charge in [-0.25, -0.2) is 13.1 Å². The van der Waals surface area contributed by atoms with Gasteiger partial charge >= 0.3 is 12.1 Å². The molecule has 1 heterocycles. The molecule has 0 spiro atoms. The second-order valence-corrected chi connectivity index (χ2v) is 8.62. The quantitative estimate of drug-likeness (QED) is 0.834. The number of carboxylic acid groups (broad SMARTS) is 1. The molecule has 1 aliphatic rings. The zero-order valence-electron chi connectivity index (χ0n) is 12.0. The van der Waals surface area contributed by atoms with Crippen molar-refractivity contribution in [3.05, 3.63) is 17.0 Å². The summed E-state index contributed by atoms with van der Waals surface area (Å²) in [6.07, 6.45) is -4.19. The van der Waals surface area contributed by atoms with Crippen molar-refractivity contribution in [3.63, 3.8) is 0 Å². The monoisotopic (exact) mass is 371 g/mol. The number of nitrogens with one attached hydrogen (secondary N) is 1. The Morgan fingerprint density at radius 3 is 2.65 bits per heavy atom. The van der Waals surface area contributed by atoms with Crippen molar-refractivity contribution < 1.29 is 31.5 Å². The van der Waals surface area contributed by atoms with E-state index in [0.29, 0.717) is 17.7 Å². The zero-order chi connectivity index (χ0) is 17.3. The molecule has 0 aliphatic heterocycles. The predicted octanol–water partition coefficient (Wildman–Crippen LogP) is 2.77. The summed E-state index contributed by atoms with van der Waals surface area (Å²) in [4.78, 5) is 11.0. The first-order valence-corrected chi connectivity index (χ1v) is 9.27. The minimum Gasteiger partial charge on any atom is -0.481 e. The third-order valence-corrected chi connectivity index (χ3v) is 6.78. The third kappa shape index (κ3) is 4.92.